The molecule has 0 aliphatic heterocycles. The van der Waals surface area contributed by atoms with E-state index in [1.807, 2.05) is 0 Å². The molecule has 1 atom stereocenters. The Bertz CT molecular complexity index is 567. The Hall–Kier alpha value is -2.50. The number of aromatic hydroxyl groups is 2. The number of carbonyl (C=O) groups excluding carboxylic acids is 1. The zero-order valence-corrected chi connectivity index (χ0v) is 10.4. The summed E-state index contributed by atoms with van der Waals surface area (Å²) in [6.07, 6.45) is 3.59. The van der Waals surface area contributed by atoms with Crippen LogP contribution >= 0.6 is 0 Å². The number of hydrogen-bond acceptors (Lipinski definition) is 4. The number of rotatable bonds is 4. The number of phenolic OH excluding ortho intramolecular Hbond substituents is 2. The zero-order chi connectivity index (χ0) is 13.8. The van der Waals surface area contributed by atoms with Crippen LogP contribution in [0, 0.1) is 5.92 Å². The molecule has 0 saturated carbocycles. The SMILES string of the molecule is CC(Cc1ccc(O)c(O)c1)C(=O)Nc1cn[nH]c1. The van der Waals surface area contributed by atoms with Crippen molar-refractivity contribution in [3.63, 3.8) is 0 Å². The van der Waals surface area contributed by atoms with E-state index in [1.165, 1.54) is 18.3 Å². The number of aromatic amines is 1. The van der Waals surface area contributed by atoms with Gasteiger partial charge in [-0.25, -0.2) is 0 Å². The van der Waals surface area contributed by atoms with Crippen LogP contribution in [0.1, 0.15) is 12.5 Å². The fourth-order valence-corrected chi connectivity index (χ4v) is 1.73. The van der Waals surface area contributed by atoms with E-state index in [2.05, 4.69) is 15.5 Å². The van der Waals surface area contributed by atoms with E-state index in [0.29, 0.717) is 12.1 Å². The summed E-state index contributed by atoms with van der Waals surface area (Å²) in [6.45, 7) is 1.79. The van der Waals surface area contributed by atoms with Crippen LogP contribution in [0.2, 0.25) is 0 Å². The van der Waals surface area contributed by atoms with Gasteiger partial charge in [-0.3, -0.25) is 9.89 Å². The van der Waals surface area contributed by atoms with Crippen LogP contribution < -0.4 is 5.32 Å². The molecule has 6 nitrogen and oxygen atoms in total. The van der Waals surface area contributed by atoms with Gasteiger partial charge in [0.25, 0.3) is 0 Å². The summed E-state index contributed by atoms with van der Waals surface area (Å²) in [5, 5.41) is 27.7. The zero-order valence-electron chi connectivity index (χ0n) is 10.4. The van der Waals surface area contributed by atoms with Crippen molar-refractivity contribution in [3.05, 3.63) is 36.2 Å². The van der Waals surface area contributed by atoms with Crippen molar-refractivity contribution in [3.8, 4) is 11.5 Å². The van der Waals surface area contributed by atoms with Crippen LogP contribution in [0.5, 0.6) is 11.5 Å². The van der Waals surface area contributed by atoms with E-state index in [0.717, 1.165) is 5.56 Å². The van der Waals surface area contributed by atoms with E-state index in [9.17, 15) is 15.0 Å². The van der Waals surface area contributed by atoms with Gasteiger partial charge in [0, 0.05) is 12.1 Å². The molecular formula is C13H15N3O3. The Labute approximate surface area is 110 Å². The van der Waals surface area contributed by atoms with Gasteiger partial charge in [0.05, 0.1) is 11.9 Å². The second-order valence-electron chi connectivity index (χ2n) is 4.40. The van der Waals surface area contributed by atoms with E-state index in [1.54, 1.807) is 19.2 Å². The Morgan fingerprint density at radius 1 is 1.42 bits per heavy atom. The van der Waals surface area contributed by atoms with Crippen molar-refractivity contribution >= 4 is 11.6 Å². The van der Waals surface area contributed by atoms with Crippen molar-refractivity contribution in [1.82, 2.24) is 10.2 Å². The van der Waals surface area contributed by atoms with Gasteiger partial charge in [-0.2, -0.15) is 5.10 Å². The number of aromatic nitrogens is 2. The third-order valence-electron chi connectivity index (χ3n) is 2.80. The number of carbonyl (C=O) groups is 1. The minimum absolute atomic E-state index is 0.131. The average molecular weight is 261 g/mol. The molecule has 1 aromatic heterocycles. The fraction of sp³-hybridized carbons (Fsp3) is 0.231. The lowest BCUT2D eigenvalue weighted by Crippen LogP contribution is -2.21. The van der Waals surface area contributed by atoms with E-state index >= 15 is 0 Å². The first kappa shape index (κ1) is 12.9. The minimum Gasteiger partial charge on any atom is -0.504 e. The van der Waals surface area contributed by atoms with Crippen molar-refractivity contribution < 1.29 is 15.0 Å². The largest absolute Gasteiger partial charge is 0.504 e. The Morgan fingerprint density at radius 3 is 2.84 bits per heavy atom. The van der Waals surface area contributed by atoms with Crippen molar-refractivity contribution in [2.24, 2.45) is 5.92 Å². The van der Waals surface area contributed by atoms with Crippen molar-refractivity contribution in [1.29, 1.82) is 0 Å². The summed E-state index contributed by atoms with van der Waals surface area (Å²) >= 11 is 0. The monoisotopic (exact) mass is 261 g/mol. The molecule has 0 spiro atoms. The van der Waals surface area contributed by atoms with Gasteiger partial charge >= 0.3 is 0 Å². The van der Waals surface area contributed by atoms with Crippen LogP contribution in [0.15, 0.2) is 30.6 Å². The number of amides is 1. The molecule has 0 aliphatic carbocycles. The summed E-state index contributed by atoms with van der Waals surface area (Å²) in [5.41, 5.74) is 1.40. The number of phenols is 2. The Morgan fingerprint density at radius 2 is 2.21 bits per heavy atom. The lowest BCUT2D eigenvalue weighted by molar-refractivity contribution is -0.119. The van der Waals surface area contributed by atoms with Gasteiger partial charge in [0.15, 0.2) is 11.5 Å². The molecule has 6 heteroatoms. The maximum absolute atomic E-state index is 11.9. The van der Waals surface area contributed by atoms with Gasteiger partial charge < -0.3 is 15.5 Å². The second-order valence-corrected chi connectivity index (χ2v) is 4.40. The molecule has 19 heavy (non-hydrogen) atoms. The van der Waals surface area contributed by atoms with Crippen molar-refractivity contribution in [2.45, 2.75) is 13.3 Å². The fourth-order valence-electron chi connectivity index (χ4n) is 1.73. The molecule has 1 unspecified atom stereocenters. The lowest BCUT2D eigenvalue weighted by atomic mass is 10.00. The standard InChI is InChI=1S/C13H15N3O3/c1-8(13(19)16-10-6-14-15-7-10)4-9-2-3-11(17)12(18)5-9/h2-3,5-8,17-18H,4H2,1H3,(H,14,15)(H,16,19). The van der Waals surface area contributed by atoms with E-state index in [-0.39, 0.29) is 23.3 Å². The number of nitrogens with one attached hydrogen (secondary N) is 2. The van der Waals surface area contributed by atoms with Crippen LogP contribution in [0.4, 0.5) is 5.69 Å². The summed E-state index contributed by atoms with van der Waals surface area (Å²) in [4.78, 5) is 11.9. The number of anilines is 1. The maximum Gasteiger partial charge on any atom is 0.227 e. The number of benzene rings is 1. The highest BCUT2D eigenvalue weighted by Gasteiger charge is 2.15. The van der Waals surface area contributed by atoms with E-state index < -0.39 is 0 Å². The molecule has 0 bridgehead atoms. The Balaban J connectivity index is 1.98. The predicted octanol–water partition coefficient (Wildman–Crippen LogP) is 1.64. The highest BCUT2D eigenvalue weighted by Crippen LogP contribution is 2.26. The first-order valence-electron chi connectivity index (χ1n) is 5.87. The predicted molar refractivity (Wildman–Crippen MR) is 69.9 cm³/mol. The van der Waals surface area contributed by atoms with Gasteiger partial charge in [-0.05, 0) is 24.1 Å². The highest BCUT2D eigenvalue weighted by molar-refractivity contribution is 5.92. The quantitative estimate of drug-likeness (QED) is 0.629. The summed E-state index contributed by atoms with van der Waals surface area (Å²) in [5.74, 6) is -0.744. The molecule has 0 radical (unpaired) electrons. The van der Waals surface area contributed by atoms with E-state index in [4.69, 9.17) is 0 Å². The van der Waals surface area contributed by atoms with Crippen LogP contribution in [0.25, 0.3) is 0 Å². The van der Waals surface area contributed by atoms with Crippen LogP contribution in [-0.2, 0) is 11.2 Å². The third kappa shape index (κ3) is 3.25. The molecule has 1 aromatic carbocycles. The van der Waals surface area contributed by atoms with Crippen molar-refractivity contribution in [2.75, 3.05) is 5.32 Å². The molecule has 0 aliphatic rings. The van der Waals surface area contributed by atoms with Crippen LogP contribution in [-0.4, -0.2) is 26.3 Å². The molecule has 0 fully saturated rings. The topological polar surface area (TPSA) is 98.2 Å². The van der Waals surface area contributed by atoms with Gasteiger partial charge in [-0.15, -0.1) is 0 Å². The summed E-state index contributed by atoms with van der Waals surface area (Å²) in [6, 6.07) is 4.54. The molecule has 1 heterocycles. The third-order valence-corrected chi connectivity index (χ3v) is 2.80. The summed E-state index contributed by atoms with van der Waals surface area (Å²) in [7, 11) is 0. The van der Waals surface area contributed by atoms with Gasteiger partial charge in [0.1, 0.15) is 0 Å². The number of nitrogens with zero attached hydrogens (tertiary/aromatic N) is 1. The maximum atomic E-state index is 11.9. The first-order valence-corrected chi connectivity index (χ1v) is 5.87. The average Bonchev–Trinajstić information content (AvgIpc) is 2.86. The molecule has 2 rings (SSSR count). The highest BCUT2D eigenvalue weighted by atomic mass is 16.3. The Kier molecular flexibility index (Phi) is 3.70. The number of H-pyrrole nitrogens is 1. The normalized spacial score (nSPS) is 12.1. The molecule has 1 amide bonds. The lowest BCUT2D eigenvalue weighted by Gasteiger charge is -2.11. The first-order chi connectivity index (χ1) is 9.06. The van der Waals surface area contributed by atoms with Crippen LogP contribution in [0.3, 0.4) is 0 Å². The molecule has 2 aromatic rings. The molecule has 100 valence electrons. The molecule has 4 N–H and O–H groups in total. The minimum atomic E-state index is -0.265. The van der Waals surface area contributed by atoms with Gasteiger partial charge in [0.2, 0.25) is 5.91 Å². The second kappa shape index (κ2) is 5.43. The number of hydrogen-bond donors (Lipinski definition) is 4. The smallest absolute Gasteiger partial charge is 0.227 e. The summed E-state index contributed by atoms with van der Waals surface area (Å²) < 4.78 is 0. The molecule has 0 saturated heterocycles. The molecular weight excluding hydrogens is 246 g/mol. The van der Waals surface area contributed by atoms with Gasteiger partial charge in [-0.1, -0.05) is 13.0 Å².